The molecule has 0 unspecified atom stereocenters. The molecule has 21 heavy (non-hydrogen) atoms. The summed E-state index contributed by atoms with van der Waals surface area (Å²) in [6.07, 6.45) is 0. The topological polar surface area (TPSA) is 57.2 Å². The Hall–Kier alpha value is -1.79. The van der Waals surface area contributed by atoms with Crippen LogP contribution in [-0.4, -0.2) is 64.5 Å². The molecule has 116 valence electrons. The summed E-state index contributed by atoms with van der Waals surface area (Å²) in [6, 6.07) is 5.16. The maximum Gasteiger partial charge on any atom is 0.341 e. The fourth-order valence-electron chi connectivity index (χ4n) is 2.20. The van der Waals surface area contributed by atoms with Crippen molar-refractivity contribution in [1.29, 1.82) is 0 Å². The average molecular weight is 295 g/mol. The number of hydrogen-bond acceptors (Lipinski definition) is 6. The van der Waals surface area contributed by atoms with Crippen molar-refractivity contribution in [2.45, 2.75) is 0 Å². The number of esters is 1. The molecule has 0 N–H and O–H groups in total. The molecule has 1 heterocycles. The van der Waals surface area contributed by atoms with E-state index in [9.17, 15) is 4.79 Å². The van der Waals surface area contributed by atoms with Gasteiger partial charge in [-0.1, -0.05) is 6.07 Å². The first-order chi connectivity index (χ1) is 10.3. The van der Waals surface area contributed by atoms with Crippen LogP contribution in [0.1, 0.15) is 10.4 Å². The summed E-state index contributed by atoms with van der Waals surface area (Å²) in [6.45, 7) is 4.56. The summed E-state index contributed by atoms with van der Waals surface area (Å²) in [7, 11) is 2.89. The lowest BCUT2D eigenvalue weighted by Gasteiger charge is -2.26. The van der Waals surface area contributed by atoms with Gasteiger partial charge in [0.25, 0.3) is 0 Å². The van der Waals surface area contributed by atoms with Crippen molar-refractivity contribution < 1.29 is 23.7 Å². The minimum Gasteiger partial charge on any atom is -0.493 e. The molecule has 0 aliphatic carbocycles. The number of rotatable bonds is 6. The molecule has 1 aliphatic rings. The Morgan fingerprint density at radius 2 is 2.05 bits per heavy atom. The van der Waals surface area contributed by atoms with Crippen LogP contribution in [-0.2, 0) is 9.47 Å². The van der Waals surface area contributed by atoms with Crippen molar-refractivity contribution in [1.82, 2.24) is 4.90 Å². The molecule has 1 aromatic rings. The molecule has 1 saturated heterocycles. The average Bonchev–Trinajstić information content (AvgIpc) is 2.55. The van der Waals surface area contributed by atoms with Gasteiger partial charge in [0.1, 0.15) is 12.2 Å². The Bertz CT molecular complexity index is 471. The zero-order chi connectivity index (χ0) is 15.1. The van der Waals surface area contributed by atoms with Crippen molar-refractivity contribution in [3.05, 3.63) is 23.8 Å². The van der Waals surface area contributed by atoms with Crippen molar-refractivity contribution in [2.75, 3.05) is 53.7 Å². The van der Waals surface area contributed by atoms with Crippen molar-refractivity contribution in [3.63, 3.8) is 0 Å². The number of carbonyl (C=O) groups excluding carboxylic acids is 1. The second kappa shape index (κ2) is 7.85. The summed E-state index contributed by atoms with van der Waals surface area (Å²) in [5.41, 5.74) is 0.374. The van der Waals surface area contributed by atoms with Gasteiger partial charge in [0.2, 0.25) is 0 Å². The minimum absolute atomic E-state index is 0.374. The predicted molar refractivity (Wildman–Crippen MR) is 77.1 cm³/mol. The highest BCUT2D eigenvalue weighted by Gasteiger charge is 2.18. The van der Waals surface area contributed by atoms with E-state index in [0.29, 0.717) is 23.7 Å². The first kappa shape index (κ1) is 15.6. The smallest absolute Gasteiger partial charge is 0.341 e. The molecule has 0 atom stereocenters. The lowest BCUT2D eigenvalue weighted by atomic mass is 10.2. The second-order valence-corrected chi connectivity index (χ2v) is 4.63. The molecule has 1 aliphatic heterocycles. The third-order valence-electron chi connectivity index (χ3n) is 3.36. The lowest BCUT2D eigenvalue weighted by molar-refractivity contribution is 0.0319. The maximum atomic E-state index is 11.8. The van der Waals surface area contributed by atoms with Gasteiger partial charge >= 0.3 is 5.97 Å². The van der Waals surface area contributed by atoms with E-state index in [4.69, 9.17) is 18.9 Å². The van der Waals surface area contributed by atoms with Gasteiger partial charge in [0.05, 0.1) is 27.4 Å². The molecule has 0 bridgehead atoms. The molecule has 0 amide bonds. The van der Waals surface area contributed by atoms with Crippen LogP contribution in [0.4, 0.5) is 0 Å². The van der Waals surface area contributed by atoms with E-state index in [1.807, 2.05) is 0 Å². The Balaban J connectivity index is 2.01. The first-order valence-corrected chi connectivity index (χ1v) is 6.94. The molecule has 6 heteroatoms. The van der Waals surface area contributed by atoms with Crippen LogP contribution in [0.2, 0.25) is 0 Å². The number of para-hydroxylation sites is 1. The zero-order valence-corrected chi connectivity index (χ0v) is 12.5. The number of nitrogens with zero attached hydrogens (tertiary/aromatic N) is 1. The number of morpholine rings is 1. The van der Waals surface area contributed by atoms with E-state index in [1.54, 1.807) is 25.3 Å². The molecule has 1 fully saturated rings. The van der Waals surface area contributed by atoms with Crippen molar-refractivity contribution in [3.8, 4) is 11.5 Å². The van der Waals surface area contributed by atoms with Crippen LogP contribution in [0, 0.1) is 0 Å². The van der Waals surface area contributed by atoms with Gasteiger partial charge in [0.15, 0.2) is 11.5 Å². The van der Waals surface area contributed by atoms with E-state index in [1.165, 1.54) is 7.11 Å². The Morgan fingerprint density at radius 1 is 1.29 bits per heavy atom. The Morgan fingerprint density at radius 3 is 2.71 bits per heavy atom. The highest BCUT2D eigenvalue weighted by molar-refractivity contribution is 5.93. The van der Waals surface area contributed by atoms with Gasteiger partial charge in [-0.2, -0.15) is 0 Å². The first-order valence-electron chi connectivity index (χ1n) is 6.94. The standard InChI is InChI=1S/C15H21NO5/c1-18-13-5-3-4-12(15(17)19-2)14(13)21-11-8-16-6-9-20-10-7-16/h3-5H,6-11H2,1-2H3. The van der Waals surface area contributed by atoms with Crippen LogP contribution in [0.5, 0.6) is 11.5 Å². The van der Waals surface area contributed by atoms with Crippen LogP contribution >= 0.6 is 0 Å². The maximum absolute atomic E-state index is 11.8. The largest absolute Gasteiger partial charge is 0.493 e. The Kier molecular flexibility index (Phi) is 5.83. The third kappa shape index (κ3) is 4.09. The number of ether oxygens (including phenoxy) is 4. The molecule has 0 saturated carbocycles. The van der Waals surface area contributed by atoms with Gasteiger partial charge in [-0.15, -0.1) is 0 Å². The predicted octanol–water partition coefficient (Wildman–Crippen LogP) is 1.19. The number of benzene rings is 1. The summed E-state index contributed by atoms with van der Waals surface area (Å²) in [5, 5.41) is 0. The molecule has 0 spiro atoms. The lowest BCUT2D eigenvalue weighted by Crippen LogP contribution is -2.38. The fraction of sp³-hybridized carbons (Fsp3) is 0.533. The van der Waals surface area contributed by atoms with Crippen molar-refractivity contribution in [2.24, 2.45) is 0 Å². The summed E-state index contributed by atoms with van der Waals surface area (Å²) in [4.78, 5) is 14.0. The second-order valence-electron chi connectivity index (χ2n) is 4.63. The van der Waals surface area contributed by atoms with Crippen molar-refractivity contribution >= 4 is 5.97 Å². The SMILES string of the molecule is COC(=O)c1cccc(OC)c1OCCN1CCOCC1. The minimum atomic E-state index is -0.435. The molecular formula is C15H21NO5. The van der Waals surface area contributed by atoms with Gasteiger partial charge in [0, 0.05) is 19.6 Å². The van der Waals surface area contributed by atoms with E-state index in [2.05, 4.69) is 4.90 Å². The van der Waals surface area contributed by atoms with E-state index in [0.717, 1.165) is 32.8 Å². The summed E-state index contributed by atoms with van der Waals surface area (Å²) < 4.78 is 21.1. The number of carbonyl (C=O) groups is 1. The number of hydrogen-bond donors (Lipinski definition) is 0. The quantitative estimate of drug-likeness (QED) is 0.735. The summed E-state index contributed by atoms with van der Waals surface area (Å²) >= 11 is 0. The highest BCUT2D eigenvalue weighted by Crippen LogP contribution is 2.31. The van der Waals surface area contributed by atoms with Gasteiger partial charge < -0.3 is 18.9 Å². The van der Waals surface area contributed by atoms with E-state index in [-0.39, 0.29) is 0 Å². The van der Waals surface area contributed by atoms with E-state index >= 15 is 0 Å². The van der Waals surface area contributed by atoms with Gasteiger partial charge in [-0.25, -0.2) is 4.79 Å². The molecule has 1 aromatic carbocycles. The molecule has 0 radical (unpaired) electrons. The van der Waals surface area contributed by atoms with E-state index < -0.39 is 5.97 Å². The third-order valence-corrected chi connectivity index (χ3v) is 3.36. The normalized spacial score (nSPS) is 15.5. The fourth-order valence-corrected chi connectivity index (χ4v) is 2.20. The van der Waals surface area contributed by atoms with Crippen LogP contribution < -0.4 is 9.47 Å². The number of methoxy groups -OCH3 is 2. The van der Waals surface area contributed by atoms with Gasteiger partial charge in [-0.3, -0.25) is 4.90 Å². The highest BCUT2D eigenvalue weighted by atomic mass is 16.5. The molecule has 0 aromatic heterocycles. The molecular weight excluding hydrogens is 274 g/mol. The van der Waals surface area contributed by atoms with Gasteiger partial charge in [-0.05, 0) is 12.1 Å². The molecule has 6 nitrogen and oxygen atoms in total. The van der Waals surface area contributed by atoms with Crippen LogP contribution in [0.25, 0.3) is 0 Å². The van der Waals surface area contributed by atoms with Crippen LogP contribution in [0.15, 0.2) is 18.2 Å². The monoisotopic (exact) mass is 295 g/mol. The Labute approximate surface area is 124 Å². The van der Waals surface area contributed by atoms with Crippen LogP contribution in [0.3, 0.4) is 0 Å². The zero-order valence-electron chi connectivity index (χ0n) is 12.5. The summed E-state index contributed by atoms with van der Waals surface area (Å²) in [5.74, 6) is 0.523. The molecule has 2 rings (SSSR count).